The molecular formula is C12H16N4OS. The number of rotatable bonds is 5. The minimum Gasteiger partial charge on any atom is -0.368 e. The molecule has 1 aromatic carbocycles. The van der Waals surface area contributed by atoms with Gasteiger partial charge in [0.05, 0.1) is 5.52 Å². The van der Waals surface area contributed by atoms with Crippen LogP contribution in [0.1, 0.15) is 6.92 Å². The summed E-state index contributed by atoms with van der Waals surface area (Å²) in [7, 11) is -0.777. The molecule has 6 heteroatoms. The van der Waals surface area contributed by atoms with Gasteiger partial charge >= 0.3 is 0 Å². The van der Waals surface area contributed by atoms with Crippen molar-refractivity contribution in [3.8, 4) is 0 Å². The second-order valence-electron chi connectivity index (χ2n) is 3.81. The number of nitrogens with two attached hydrogens (primary N) is 1. The molecule has 0 amide bonds. The third-order valence-corrected chi connectivity index (χ3v) is 3.87. The van der Waals surface area contributed by atoms with Crippen molar-refractivity contribution in [2.45, 2.75) is 6.92 Å². The minimum atomic E-state index is -0.777. The van der Waals surface area contributed by atoms with Crippen molar-refractivity contribution >= 4 is 33.5 Å². The first-order valence-corrected chi connectivity index (χ1v) is 7.30. The van der Waals surface area contributed by atoms with Crippen molar-refractivity contribution in [1.29, 1.82) is 0 Å². The summed E-state index contributed by atoms with van der Waals surface area (Å²) < 4.78 is 11.3. The van der Waals surface area contributed by atoms with Gasteiger partial charge in [0.2, 0.25) is 5.95 Å². The van der Waals surface area contributed by atoms with E-state index in [4.69, 9.17) is 5.73 Å². The topological polar surface area (TPSA) is 80.9 Å². The molecule has 0 saturated heterocycles. The predicted molar refractivity (Wildman–Crippen MR) is 76.0 cm³/mol. The molecule has 0 aliphatic carbocycles. The molecule has 0 fully saturated rings. The maximum absolute atomic E-state index is 11.3. The van der Waals surface area contributed by atoms with Crippen LogP contribution in [-0.2, 0) is 10.8 Å². The molecule has 96 valence electrons. The van der Waals surface area contributed by atoms with E-state index >= 15 is 0 Å². The van der Waals surface area contributed by atoms with Crippen LogP contribution in [-0.4, -0.2) is 32.2 Å². The second kappa shape index (κ2) is 5.77. The summed E-state index contributed by atoms with van der Waals surface area (Å²) in [6.45, 7) is 2.52. The van der Waals surface area contributed by atoms with Gasteiger partial charge in [0.15, 0.2) is 0 Å². The first-order valence-electron chi connectivity index (χ1n) is 5.82. The summed E-state index contributed by atoms with van der Waals surface area (Å²) in [5.74, 6) is 2.22. The Morgan fingerprint density at radius 1 is 1.33 bits per heavy atom. The number of nitrogens with one attached hydrogen (secondary N) is 1. The number of hydrogen-bond acceptors (Lipinski definition) is 5. The zero-order valence-corrected chi connectivity index (χ0v) is 11.0. The van der Waals surface area contributed by atoms with Gasteiger partial charge in [-0.15, -0.1) is 0 Å². The van der Waals surface area contributed by atoms with Gasteiger partial charge in [0.1, 0.15) is 5.82 Å². The molecule has 0 aliphatic heterocycles. The monoisotopic (exact) mass is 264 g/mol. The molecule has 18 heavy (non-hydrogen) atoms. The van der Waals surface area contributed by atoms with Gasteiger partial charge in [-0.25, -0.2) is 4.98 Å². The molecule has 0 aliphatic rings. The first kappa shape index (κ1) is 12.8. The van der Waals surface area contributed by atoms with Crippen molar-refractivity contribution in [1.82, 2.24) is 9.97 Å². The van der Waals surface area contributed by atoms with E-state index in [2.05, 4.69) is 15.3 Å². The highest BCUT2D eigenvalue weighted by molar-refractivity contribution is 7.84. The van der Waals surface area contributed by atoms with Crippen molar-refractivity contribution in [3.05, 3.63) is 24.3 Å². The Hall–Kier alpha value is -1.69. The molecule has 1 aromatic heterocycles. The second-order valence-corrected chi connectivity index (χ2v) is 5.67. The van der Waals surface area contributed by atoms with Crippen molar-refractivity contribution in [2.24, 2.45) is 0 Å². The van der Waals surface area contributed by atoms with Crippen molar-refractivity contribution < 1.29 is 4.21 Å². The van der Waals surface area contributed by atoms with Crippen LogP contribution < -0.4 is 11.1 Å². The van der Waals surface area contributed by atoms with Crippen LogP contribution in [0, 0.1) is 0 Å². The smallest absolute Gasteiger partial charge is 0.222 e. The van der Waals surface area contributed by atoms with E-state index in [-0.39, 0.29) is 5.95 Å². The number of benzene rings is 1. The average molecular weight is 264 g/mol. The fraction of sp³-hybridized carbons (Fsp3) is 0.333. The van der Waals surface area contributed by atoms with Crippen LogP contribution in [0.4, 0.5) is 11.8 Å². The molecule has 5 nitrogen and oxygen atoms in total. The number of hydrogen-bond donors (Lipinski definition) is 2. The summed E-state index contributed by atoms with van der Waals surface area (Å²) >= 11 is 0. The molecule has 3 N–H and O–H groups in total. The van der Waals surface area contributed by atoms with Crippen LogP contribution in [0.2, 0.25) is 0 Å². The van der Waals surface area contributed by atoms with E-state index in [1.807, 2.05) is 31.2 Å². The average Bonchev–Trinajstić information content (AvgIpc) is 2.38. The Morgan fingerprint density at radius 3 is 2.89 bits per heavy atom. The summed E-state index contributed by atoms with van der Waals surface area (Å²) in [4.78, 5) is 8.34. The maximum Gasteiger partial charge on any atom is 0.222 e. The molecule has 0 spiro atoms. The fourth-order valence-corrected chi connectivity index (χ4v) is 2.28. The highest BCUT2D eigenvalue weighted by Crippen LogP contribution is 2.20. The molecule has 1 unspecified atom stereocenters. The Balaban J connectivity index is 2.19. The molecule has 0 saturated carbocycles. The lowest BCUT2D eigenvalue weighted by Gasteiger charge is -2.08. The van der Waals surface area contributed by atoms with E-state index in [0.717, 1.165) is 10.9 Å². The van der Waals surface area contributed by atoms with Gasteiger partial charge in [-0.2, -0.15) is 4.98 Å². The third-order valence-electron chi connectivity index (χ3n) is 2.56. The summed E-state index contributed by atoms with van der Waals surface area (Å²) in [5.41, 5.74) is 6.47. The zero-order chi connectivity index (χ0) is 13.0. The minimum absolute atomic E-state index is 0.243. The lowest BCUT2D eigenvalue weighted by molar-refractivity contribution is 0.684. The number of nitrogen functional groups attached to an aromatic ring is 1. The SMILES string of the molecule is CCS(=O)CCNc1nc(N)nc2ccccc12. The number of aromatic nitrogens is 2. The van der Waals surface area contributed by atoms with Crippen molar-refractivity contribution in [3.63, 3.8) is 0 Å². The van der Waals surface area contributed by atoms with E-state index < -0.39 is 10.8 Å². The number of fused-ring (bicyclic) bond motifs is 1. The highest BCUT2D eigenvalue weighted by atomic mass is 32.2. The molecule has 1 heterocycles. The number of nitrogens with zero attached hydrogens (tertiary/aromatic N) is 2. The Labute approximate surface area is 108 Å². The van der Waals surface area contributed by atoms with Crippen LogP contribution >= 0.6 is 0 Å². The lowest BCUT2D eigenvalue weighted by atomic mass is 10.2. The van der Waals surface area contributed by atoms with Crippen LogP contribution in [0.25, 0.3) is 10.9 Å². The van der Waals surface area contributed by atoms with Gasteiger partial charge in [-0.3, -0.25) is 4.21 Å². The normalized spacial score (nSPS) is 12.5. The first-order chi connectivity index (χ1) is 8.70. The quantitative estimate of drug-likeness (QED) is 0.853. The van der Waals surface area contributed by atoms with Crippen molar-refractivity contribution in [2.75, 3.05) is 29.1 Å². The van der Waals surface area contributed by atoms with Gasteiger partial charge in [0, 0.05) is 34.2 Å². The van der Waals surface area contributed by atoms with Gasteiger partial charge in [0.25, 0.3) is 0 Å². The van der Waals surface area contributed by atoms with Gasteiger partial charge < -0.3 is 11.1 Å². The Kier molecular flexibility index (Phi) is 4.09. The molecule has 0 bridgehead atoms. The zero-order valence-electron chi connectivity index (χ0n) is 10.2. The number of para-hydroxylation sites is 1. The molecule has 2 rings (SSSR count). The lowest BCUT2D eigenvalue weighted by Crippen LogP contribution is -2.13. The third kappa shape index (κ3) is 2.95. The summed E-state index contributed by atoms with van der Waals surface area (Å²) in [5, 5.41) is 4.09. The highest BCUT2D eigenvalue weighted by Gasteiger charge is 2.05. The maximum atomic E-state index is 11.3. The predicted octanol–water partition coefficient (Wildman–Crippen LogP) is 1.39. The fourth-order valence-electron chi connectivity index (χ4n) is 1.66. The van der Waals surface area contributed by atoms with E-state index in [0.29, 0.717) is 23.9 Å². The van der Waals surface area contributed by atoms with Crippen LogP contribution in [0.3, 0.4) is 0 Å². The Morgan fingerprint density at radius 2 is 2.11 bits per heavy atom. The van der Waals surface area contributed by atoms with Gasteiger partial charge in [-0.1, -0.05) is 19.1 Å². The number of anilines is 2. The van der Waals surface area contributed by atoms with Crippen LogP contribution in [0.15, 0.2) is 24.3 Å². The van der Waals surface area contributed by atoms with Crippen LogP contribution in [0.5, 0.6) is 0 Å². The van der Waals surface area contributed by atoms with Gasteiger partial charge in [-0.05, 0) is 12.1 Å². The Bertz CT molecular complexity index is 573. The molecule has 1 atom stereocenters. The van der Waals surface area contributed by atoms with E-state index in [1.54, 1.807) is 0 Å². The standard InChI is InChI=1S/C12H16N4OS/c1-2-18(17)8-7-14-11-9-5-3-4-6-10(9)15-12(13)16-11/h3-6H,2,7-8H2,1H3,(H3,13,14,15,16). The molecule has 2 aromatic rings. The molecule has 0 radical (unpaired) electrons. The molecular weight excluding hydrogens is 248 g/mol. The summed E-state index contributed by atoms with van der Waals surface area (Å²) in [6.07, 6.45) is 0. The van der Waals surface area contributed by atoms with E-state index in [1.165, 1.54) is 0 Å². The summed E-state index contributed by atoms with van der Waals surface area (Å²) in [6, 6.07) is 7.67. The largest absolute Gasteiger partial charge is 0.368 e. The van der Waals surface area contributed by atoms with E-state index in [9.17, 15) is 4.21 Å².